The average Bonchev–Trinajstić information content (AvgIpc) is 3.27. The minimum absolute atomic E-state index is 0.189. The van der Waals surface area contributed by atoms with E-state index >= 15 is 0 Å². The molecule has 1 amide bonds. The lowest BCUT2D eigenvalue weighted by Crippen LogP contribution is -2.14. The molecule has 0 aliphatic rings. The van der Waals surface area contributed by atoms with Crippen LogP contribution in [0.2, 0.25) is 0 Å². The second kappa shape index (κ2) is 5.56. The summed E-state index contributed by atoms with van der Waals surface area (Å²) in [5.41, 5.74) is 1.41. The summed E-state index contributed by atoms with van der Waals surface area (Å²) in [6.07, 6.45) is 3.29. The highest BCUT2D eigenvalue weighted by Gasteiger charge is 2.17. The Kier molecular flexibility index (Phi) is 3.40. The third-order valence-corrected chi connectivity index (χ3v) is 5.46. The second-order valence-corrected chi connectivity index (χ2v) is 6.74. The Morgan fingerprint density at radius 1 is 1.26 bits per heavy atom. The molecule has 4 rings (SSSR count). The quantitative estimate of drug-likeness (QED) is 0.619. The third kappa shape index (κ3) is 2.51. The van der Waals surface area contributed by atoms with Gasteiger partial charge in [-0.1, -0.05) is 6.07 Å². The van der Waals surface area contributed by atoms with E-state index in [0.717, 1.165) is 15.6 Å². The number of thiophene rings is 1. The predicted molar refractivity (Wildman–Crippen MR) is 91.1 cm³/mol. The summed E-state index contributed by atoms with van der Waals surface area (Å²) in [5.74, 6) is 0.390. The molecule has 0 saturated heterocycles. The van der Waals surface area contributed by atoms with Crippen molar-refractivity contribution in [3.63, 3.8) is 0 Å². The van der Waals surface area contributed by atoms with Crippen molar-refractivity contribution in [2.24, 2.45) is 0 Å². The molecule has 0 atom stereocenters. The van der Waals surface area contributed by atoms with Gasteiger partial charge in [-0.15, -0.1) is 22.7 Å². The number of hydrogen-bond acceptors (Lipinski definition) is 6. The van der Waals surface area contributed by atoms with Gasteiger partial charge in [-0.05, 0) is 24.4 Å². The summed E-state index contributed by atoms with van der Waals surface area (Å²) in [5, 5.41) is 9.90. The number of anilines is 1. The first-order valence-corrected chi connectivity index (χ1v) is 8.53. The summed E-state index contributed by atoms with van der Waals surface area (Å²) in [7, 11) is 0. The normalized spacial score (nSPS) is 11.0. The van der Waals surface area contributed by atoms with Gasteiger partial charge in [0, 0.05) is 12.3 Å². The number of aromatic nitrogens is 4. The molecular formula is C15H11N5OS2. The van der Waals surface area contributed by atoms with Crippen molar-refractivity contribution >= 4 is 40.0 Å². The summed E-state index contributed by atoms with van der Waals surface area (Å²) >= 11 is 3.00. The van der Waals surface area contributed by atoms with E-state index in [1.165, 1.54) is 11.3 Å². The van der Waals surface area contributed by atoms with Gasteiger partial charge in [0.15, 0.2) is 5.65 Å². The van der Waals surface area contributed by atoms with Crippen molar-refractivity contribution in [1.29, 1.82) is 0 Å². The molecule has 0 fully saturated rings. The molecule has 23 heavy (non-hydrogen) atoms. The standard InChI is InChI=1S/C15H11N5OS2/c1-9-13(23-15(18-9)10-3-2-8-22-10)14(21)19-12-4-6-16-11-5-7-17-20(11)12/h2-8H,1H3,(H,19,21). The SMILES string of the molecule is Cc1nc(-c2cccs2)sc1C(=O)Nc1ccnc2ccnn12. The molecule has 0 saturated carbocycles. The molecule has 4 heterocycles. The Labute approximate surface area is 139 Å². The molecule has 0 aliphatic heterocycles. The molecule has 1 N–H and O–H groups in total. The second-order valence-electron chi connectivity index (χ2n) is 4.80. The fourth-order valence-corrected chi connectivity index (χ4v) is 3.97. The van der Waals surface area contributed by atoms with Crippen molar-refractivity contribution in [1.82, 2.24) is 19.6 Å². The van der Waals surface area contributed by atoms with Crippen LogP contribution in [0.1, 0.15) is 15.4 Å². The number of fused-ring (bicyclic) bond motifs is 1. The van der Waals surface area contributed by atoms with Gasteiger partial charge in [-0.3, -0.25) is 4.79 Å². The predicted octanol–water partition coefficient (Wildman–Crippen LogP) is 3.48. The monoisotopic (exact) mass is 341 g/mol. The van der Waals surface area contributed by atoms with Crippen LogP contribution in [0.25, 0.3) is 15.5 Å². The zero-order chi connectivity index (χ0) is 15.8. The van der Waals surface area contributed by atoms with Crippen LogP contribution in [-0.2, 0) is 0 Å². The van der Waals surface area contributed by atoms with Gasteiger partial charge < -0.3 is 5.32 Å². The maximum Gasteiger partial charge on any atom is 0.268 e. The number of carbonyl (C=O) groups excluding carboxylic acids is 1. The number of thiazole rings is 1. The topological polar surface area (TPSA) is 72.2 Å². The Morgan fingerprint density at radius 2 is 2.17 bits per heavy atom. The molecule has 6 nitrogen and oxygen atoms in total. The van der Waals surface area contributed by atoms with Crippen molar-refractivity contribution < 1.29 is 4.79 Å². The van der Waals surface area contributed by atoms with Crippen LogP contribution >= 0.6 is 22.7 Å². The van der Waals surface area contributed by atoms with Crippen LogP contribution in [0.15, 0.2) is 42.0 Å². The van der Waals surface area contributed by atoms with E-state index in [2.05, 4.69) is 20.4 Å². The molecule has 114 valence electrons. The van der Waals surface area contributed by atoms with Crippen LogP contribution in [0.3, 0.4) is 0 Å². The maximum atomic E-state index is 12.6. The number of hydrogen-bond donors (Lipinski definition) is 1. The zero-order valence-electron chi connectivity index (χ0n) is 12.1. The van der Waals surface area contributed by atoms with Crippen molar-refractivity contribution in [2.45, 2.75) is 6.92 Å². The number of nitrogens with zero attached hydrogens (tertiary/aromatic N) is 4. The zero-order valence-corrected chi connectivity index (χ0v) is 13.7. The summed E-state index contributed by atoms with van der Waals surface area (Å²) in [6.45, 7) is 1.85. The number of carbonyl (C=O) groups is 1. The lowest BCUT2D eigenvalue weighted by Gasteiger charge is -2.05. The lowest BCUT2D eigenvalue weighted by molar-refractivity contribution is 0.102. The Hall–Kier alpha value is -2.58. The van der Waals surface area contributed by atoms with Crippen molar-refractivity contribution in [3.05, 3.63) is 52.6 Å². The minimum atomic E-state index is -0.189. The van der Waals surface area contributed by atoms with Gasteiger partial charge in [0.05, 0.1) is 16.8 Å². The van der Waals surface area contributed by atoms with Crippen LogP contribution in [-0.4, -0.2) is 25.5 Å². The lowest BCUT2D eigenvalue weighted by atomic mass is 10.3. The largest absolute Gasteiger partial charge is 0.306 e. The van der Waals surface area contributed by atoms with Gasteiger partial charge in [0.25, 0.3) is 5.91 Å². The van der Waals surface area contributed by atoms with Crippen LogP contribution in [0.5, 0.6) is 0 Å². The van der Waals surface area contributed by atoms with Gasteiger partial charge in [-0.25, -0.2) is 9.97 Å². The third-order valence-electron chi connectivity index (χ3n) is 3.27. The molecule has 0 bridgehead atoms. The van der Waals surface area contributed by atoms with Gasteiger partial charge in [0.2, 0.25) is 0 Å². The summed E-state index contributed by atoms with van der Waals surface area (Å²) in [4.78, 5) is 22.9. The highest BCUT2D eigenvalue weighted by molar-refractivity contribution is 7.22. The minimum Gasteiger partial charge on any atom is -0.306 e. The fourth-order valence-electron chi connectivity index (χ4n) is 2.22. The Morgan fingerprint density at radius 3 is 3.00 bits per heavy atom. The average molecular weight is 341 g/mol. The first-order valence-electron chi connectivity index (χ1n) is 6.84. The number of aryl methyl sites for hydroxylation is 1. The van der Waals surface area contributed by atoms with E-state index < -0.39 is 0 Å². The molecule has 0 aliphatic carbocycles. The molecular weight excluding hydrogens is 330 g/mol. The molecule has 8 heteroatoms. The van der Waals surface area contributed by atoms with Crippen molar-refractivity contribution in [2.75, 3.05) is 5.32 Å². The first kappa shape index (κ1) is 14.0. The molecule has 0 radical (unpaired) electrons. The highest BCUT2D eigenvalue weighted by atomic mass is 32.1. The van der Waals surface area contributed by atoms with E-state index in [1.807, 2.05) is 24.4 Å². The van der Waals surface area contributed by atoms with Gasteiger partial charge in [-0.2, -0.15) is 9.61 Å². The maximum absolute atomic E-state index is 12.6. The number of amides is 1. The highest BCUT2D eigenvalue weighted by Crippen LogP contribution is 2.31. The smallest absolute Gasteiger partial charge is 0.268 e. The molecule has 0 aromatic carbocycles. The Bertz CT molecular complexity index is 987. The van der Waals surface area contributed by atoms with E-state index in [0.29, 0.717) is 16.3 Å². The van der Waals surface area contributed by atoms with Crippen LogP contribution in [0.4, 0.5) is 5.82 Å². The van der Waals surface area contributed by atoms with E-state index in [4.69, 9.17) is 0 Å². The fraction of sp³-hybridized carbons (Fsp3) is 0.0667. The van der Waals surface area contributed by atoms with Crippen LogP contribution < -0.4 is 5.32 Å². The number of nitrogens with one attached hydrogen (secondary N) is 1. The summed E-state index contributed by atoms with van der Waals surface area (Å²) < 4.78 is 1.59. The van der Waals surface area contributed by atoms with Crippen molar-refractivity contribution in [3.8, 4) is 9.88 Å². The first-order chi connectivity index (χ1) is 11.2. The molecule has 0 spiro atoms. The molecule has 4 aromatic heterocycles. The Balaban J connectivity index is 1.66. The van der Waals surface area contributed by atoms with Crippen LogP contribution in [0, 0.1) is 6.92 Å². The van der Waals surface area contributed by atoms with Gasteiger partial charge in [0.1, 0.15) is 15.7 Å². The number of rotatable bonds is 3. The van der Waals surface area contributed by atoms with E-state index in [1.54, 1.807) is 40.4 Å². The van der Waals surface area contributed by atoms with E-state index in [-0.39, 0.29) is 5.91 Å². The van der Waals surface area contributed by atoms with Gasteiger partial charge >= 0.3 is 0 Å². The summed E-state index contributed by atoms with van der Waals surface area (Å²) in [6, 6.07) is 7.47. The molecule has 4 aromatic rings. The van der Waals surface area contributed by atoms with E-state index in [9.17, 15) is 4.79 Å². The molecule has 0 unspecified atom stereocenters.